The molecule has 126 valence electrons. The van der Waals surface area contributed by atoms with E-state index in [4.69, 9.17) is 0 Å². The van der Waals surface area contributed by atoms with E-state index in [-0.39, 0.29) is 5.91 Å². The van der Waals surface area contributed by atoms with E-state index in [1.54, 1.807) is 0 Å². The van der Waals surface area contributed by atoms with Gasteiger partial charge >= 0.3 is 0 Å². The van der Waals surface area contributed by atoms with Crippen molar-refractivity contribution in [2.24, 2.45) is 5.92 Å². The van der Waals surface area contributed by atoms with Crippen LogP contribution in [0.15, 0.2) is 24.3 Å². The molecule has 1 saturated heterocycles. The lowest BCUT2D eigenvalue weighted by Crippen LogP contribution is -2.31. The predicted octanol–water partition coefficient (Wildman–Crippen LogP) is 3.34. The summed E-state index contributed by atoms with van der Waals surface area (Å²) in [5.41, 5.74) is 2.62. The van der Waals surface area contributed by atoms with Crippen molar-refractivity contribution in [3.05, 3.63) is 35.4 Å². The van der Waals surface area contributed by atoms with E-state index in [2.05, 4.69) is 48.3 Å². The SMILES string of the molecule is CC(C)c1ccc(CCC(=O)NCC2CCN(C3CC3)C2)cc1. The molecular weight excluding hydrogens is 284 g/mol. The van der Waals surface area contributed by atoms with Crippen molar-refractivity contribution < 1.29 is 4.79 Å². The van der Waals surface area contributed by atoms with Crippen molar-refractivity contribution >= 4 is 5.91 Å². The second-order valence-electron chi connectivity index (χ2n) is 7.58. The molecule has 0 aromatic heterocycles. The van der Waals surface area contributed by atoms with E-state index in [9.17, 15) is 4.79 Å². The average molecular weight is 314 g/mol. The Morgan fingerprint density at radius 3 is 2.61 bits per heavy atom. The maximum absolute atomic E-state index is 12.1. The smallest absolute Gasteiger partial charge is 0.220 e. The van der Waals surface area contributed by atoms with E-state index in [1.807, 2.05) is 0 Å². The van der Waals surface area contributed by atoms with Gasteiger partial charge in [0.05, 0.1) is 0 Å². The zero-order chi connectivity index (χ0) is 16.2. The summed E-state index contributed by atoms with van der Waals surface area (Å²) in [6, 6.07) is 9.55. The molecule has 2 fully saturated rings. The molecule has 23 heavy (non-hydrogen) atoms. The molecule has 2 aliphatic rings. The van der Waals surface area contributed by atoms with Gasteiger partial charge in [0.1, 0.15) is 0 Å². The van der Waals surface area contributed by atoms with E-state index in [1.165, 1.54) is 43.5 Å². The van der Waals surface area contributed by atoms with Crippen molar-refractivity contribution in [3.63, 3.8) is 0 Å². The van der Waals surface area contributed by atoms with Gasteiger partial charge in [0.15, 0.2) is 0 Å². The van der Waals surface area contributed by atoms with Gasteiger partial charge in [-0.05, 0) is 55.2 Å². The van der Waals surface area contributed by atoms with Crippen LogP contribution in [-0.2, 0) is 11.2 Å². The van der Waals surface area contributed by atoms with Gasteiger partial charge in [-0.25, -0.2) is 0 Å². The number of amides is 1. The minimum Gasteiger partial charge on any atom is -0.356 e. The lowest BCUT2D eigenvalue weighted by molar-refractivity contribution is -0.121. The standard InChI is InChI=1S/C20H30N2O/c1-15(2)18-6-3-16(4-7-18)5-10-20(23)21-13-17-11-12-22(14-17)19-8-9-19/h3-4,6-7,15,17,19H,5,8-14H2,1-2H3,(H,21,23). The normalized spacial score (nSPS) is 21.8. The number of rotatable bonds is 7. The molecule has 1 aliphatic heterocycles. The number of carbonyl (C=O) groups is 1. The van der Waals surface area contributed by atoms with E-state index >= 15 is 0 Å². The Morgan fingerprint density at radius 1 is 1.22 bits per heavy atom. The Morgan fingerprint density at radius 2 is 1.96 bits per heavy atom. The van der Waals surface area contributed by atoms with Gasteiger partial charge in [-0.2, -0.15) is 0 Å². The number of hydrogen-bond donors (Lipinski definition) is 1. The first-order valence-electron chi connectivity index (χ1n) is 9.21. The molecule has 1 aromatic carbocycles. The maximum Gasteiger partial charge on any atom is 0.220 e. The molecule has 1 heterocycles. The van der Waals surface area contributed by atoms with Gasteiger partial charge < -0.3 is 10.2 Å². The highest BCUT2D eigenvalue weighted by molar-refractivity contribution is 5.76. The minimum atomic E-state index is 0.197. The van der Waals surface area contributed by atoms with Gasteiger partial charge in [0.2, 0.25) is 5.91 Å². The molecule has 0 bridgehead atoms. The number of aryl methyl sites for hydroxylation is 1. The summed E-state index contributed by atoms with van der Waals surface area (Å²) < 4.78 is 0. The van der Waals surface area contributed by atoms with Gasteiger partial charge in [0, 0.05) is 25.6 Å². The molecule has 1 saturated carbocycles. The molecular formula is C20H30N2O. The zero-order valence-corrected chi connectivity index (χ0v) is 14.6. The van der Waals surface area contributed by atoms with Crippen LogP contribution in [0.3, 0.4) is 0 Å². The number of nitrogens with zero attached hydrogens (tertiary/aromatic N) is 1. The first-order valence-corrected chi connectivity index (χ1v) is 9.21. The van der Waals surface area contributed by atoms with Crippen LogP contribution >= 0.6 is 0 Å². The van der Waals surface area contributed by atoms with E-state index in [0.717, 1.165) is 19.0 Å². The Labute approximate surface area is 140 Å². The fraction of sp³-hybridized carbons (Fsp3) is 0.650. The average Bonchev–Trinajstić information content (AvgIpc) is 3.30. The fourth-order valence-electron chi connectivity index (χ4n) is 3.47. The summed E-state index contributed by atoms with van der Waals surface area (Å²) in [5.74, 6) is 1.42. The molecule has 3 nitrogen and oxygen atoms in total. The highest BCUT2D eigenvalue weighted by Gasteiger charge is 2.34. The molecule has 0 spiro atoms. The second kappa shape index (κ2) is 7.48. The molecule has 1 aromatic rings. The third kappa shape index (κ3) is 4.81. The van der Waals surface area contributed by atoms with Gasteiger partial charge in [-0.3, -0.25) is 4.79 Å². The van der Waals surface area contributed by atoms with Crippen LogP contribution in [0.25, 0.3) is 0 Å². The summed E-state index contributed by atoms with van der Waals surface area (Å²) in [7, 11) is 0. The first kappa shape index (κ1) is 16.5. The largest absolute Gasteiger partial charge is 0.356 e. The van der Waals surface area contributed by atoms with Gasteiger partial charge in [-0.15, -0.1) is 0 Å². The fourth-order valence-corrected chi connectivity index (χ4v) is 3.47. The number of benzene rings is 1. The zero-order valence-electron chi connectivity index (χ0n) is 14.6. The van der Waals surface area contributed by atoms with Crippen molar-refractivity contribution in [2.75, 3.05) is 19.6 Å². The molecule has 0 radical (unpaired) electrons. The minimum absolute atomic E-state index is 0.197. The molecule has 3 rings (SSSR count). The third-order valence-electron chi connectivity index (χ3n) is 5.26. The molecule has 1 N–H and O–H groups in total. The summed E-state index contributed by atoms with van der Waals surface area (Å²) >= 11 is 0. The summed E-state index contributed by atoms with van der Waals surface area (Å²) in [6.07, 6.45) is 5.44. The Hall–Kier alpha value is -1.35. The summed E-state index contributed by atoms with van der Waals surface area (Å²) in [5, 5.41) is 3.14. The van der Waals surface area contributed by atoms with Crippen molar-refractivity contribution in [3.8, 4) is 0 Å². The number of nitrogens with one attached hydrogen (secondary N) is 1. The lowest BCUT2D eigenvalue weighted by Gasteiger charge is -2.15. The Balaban J connectivity index is 1.34. The van der Waals surface area contributed by atoms with Crippen LogP contribution in [0.2, 0.25) is 0 Å². The summed E-state index contributed by atoms with van der Waals surface area (Å²) in [4.78, 5) is 14.7. The van der Waals surface area contributed by atoms with Crippen LogP contribution in [0, 0.1) is 5.92 Å². The van der Waals surface area contributed by atoms with E-state index in [0.29, 0.717) is 18.3 Å². The predicted molar refractivity (Wildman–Crippen MR) is 94.6 cm³/mol. The number of carbonyl (C=O) groups excluding carboxylic acids is 1. The second-order valence-corrected chi connectivity index (χ2v) is 7.58. The van der Waals surface area contributed by atoms with Crippen LogP contribution in [-0.4, -0.2) is 36.5 Å². The number of hydrogen-bond acceptors (Lipinski definition) is 2. The van der Waals surface area contributed by atoms with E-state index < -0.39 is 0 Å². The van der Waals surface area contributed by atoms with Crippen LogP contribution in [0.4, 0.5) is 0 Å². The first-order chi connectivity index (χ1) is 11.1. The van der Waals surface area contributed by atoms with Crippen molar-refractivity contribution in [1.29, 1.82) is 0 Å². The Bertz CT molecular complexity index is 519. The lowest BCUT2D eigenvalue weighted by atomic mass is 10.0. The van der Waals surface area contributed by atoms with Crippen LogP contribution in [0.1, 0.15) is 56.6 Å². The quantitative estimate of drug-likeness (QED) is 0.837. The van der Waals surface area contributed by atoms with Crippen LogP contribution in [0.5, 0.6) is 0 Å². The highest BCUT2D eigenvalue weighted by Crippen LogP contribution is 2.31. The molecule has 1 unspecified atom stereocenters. The summed E-state index contributed by atoms with van der Waals surface area (Å²) in [6.45, 7) is 7.68. The van der Waals surface area contributed by atoms with Crippen LogP contribution < -0.4 is 5.32 Å². The molecule has 1 amide bonds. The molecule has 3 heteroatoms. The van der Waals surface area contributed by atoms with Gasteiger partial charge in [-0.1, -0.05) is 38.1 Å². The number of likely N-dealkylation sites (tertiary alicyclic amines) is 1. The van der Waals surface area contributed by atoms with Gasteiger partial charge in [0.25, 0.3) is 0 Å². The third-order valence-corrected chi connectivity index (χ3v) is 5.26. The highest BCUT2D eigenvalue weighted by atomic mass is 16.1. The monoisotopic (exact) mass is 314 g/mol. The van der Waals surface area contributed by atoms with Crippen molar-refractivity contribution in [1.82, 2.24) is 10.2 Å². The maximum atomic E-state index is 12.1. The van der Waals surface area contributed by atoms with Crippen molar-refractivity contribution in [2.45, 2.75) is 57.9 Å². The molecule has 1 atom stereocenters. The Kier molecular flexibility index (Phi) is 5.37. The topological polar surface area (TPSA) is 32.3 Å². The molecule has 1 aliphatic carbocycles.